The minimum absolute atomic E-state index is 0. The molecule has 0 unspecified atom stereocenters. The fourth-order valence-corrected chi connectivity index (χ4v) is 0. The Morgan fingerprint density at radius 3 is 1.00 bits per heavy atom. The van der Waals surface area contributed by atoms with Crippen LogP contribution in [-0.2, 0) is 20.4 Å². The van der Waals surface area contributed by atoms with Gasteiger partial charge in [-0.3, -0.25) is 0 Å². The first-order valence-corrected chi connectivity index (χ1v) is 0. The quantitative estimate of drug-likeness (QED) is 0.483. The van der Waals surface area contributed by atoms with E-state index in [4.69, 9.17) is 0 Å². The molecule has 0 bridgehead atoms. The van der Waals surface area contributed by atoms with E-state index < -0.39 is 0 Å². The standard InChI is InChI=1S/B.In.Pd.Si. The van der Waals surface area contributed by atoms with Crippen molar-refractivity contribution in [3.63, 3.8) is 0 Å². The maximum absolute atomic E-state index is 0. The van der Waals surface area contributed by atoms with Crippen molar-refractivity contribution in [3.05, 3.63) is 0 Å². The van der Waals surface area contributed by atoms with Crippen LogP contribution < -0.4 is 0 Å². The molecule has 0 nitrogen and oxygen atoms in total. The molecule has 10 radical (unpaired) electrons. The van der Waals surface area contributed by atoms with Crippen molar-refractivity contribution >= 4 is 45.2 Å². The molecule has 0 aromatic carbocycles. The Hall–Kier alpha value is 1.81. The van der Waals surface area contributed by atoms with Gasteiger partial charge in [-0.15, -0.1) is 0 Å². The second-order valence-corrected chi connectivity index (χ2v) is 0. The van der Waals surface area contributed by atoms with Gasteiger partial charge in [0.2, 0.25) is 0 Å². The van der Waals surface area contributed by atoms with Crippen LogP contribution in [0.1, 0.15) is 0 Å². The molecule has 0 saturated heterocycles. The maximum atomic E-state index is 0. The summed E-state index contributed by atoms with van der Waals surface area (Å²) in [7, 11) is 0. The zero-order valence-electron chi connectivity index (χ0n) is 1.97. The molecule has 0 saturated carbocycles. The van der Waals surface area contributed by atoms with Gasteiger partial charge >= 0.3 is 0 Å². The molecule has 4 heavy (non-hydrogen) atoms. The first kappa shape index (κ1) is 40.9. The van der Waals surface area contributed by atoms with Crippen LogP contribution in [0.25, 0.3) is 0 Å². The van der Waals surface area contributed by atoms with Crippen LogP contribution in [0.2, 0.25) is 0 Å². The van der Waals surface area contributed by atoms with Crippen molar-refractivity contribution in [2.24, 2.45) is 0 Å². The van der Waals surface area contributed by atoms with Gasteiger partial charge in [-0.25, -0.2) is 0 Å². The van der Waals surface area contributed by atoms with Crippen molar-refractivity contribution in [2.75, 3.05) is 0 Å². The predicted molar refractivity (Wildman–Crippen MR) is 17.3 cm³/mol. The van der Waals surface area contributed by atoms with Crippen LogP contribution in [-0.4, -0.2) is 45.2 Å². The molecule has 0 aliphatic carbocycles. The molecular formula is BInPdSi. The monoisotopic (exact) mass is 260 g/mol. The summed E-state index contributed by atoms with van der Waals surface area (Å²) >= 11 is 0. The first-order chi connectivity index (χ1) is 0. The number of hydrogen-bond donors (Lipinski definition) is 0. The van der Waals surface area contributed by atoms with Gasteiger partial charge in [-0.05, 0) is 0 Å². The molecule has 0 amide bonds. The van der Waals surface area contributed by atoms with Gasteiger partial charge in [0, 0.05) is 65.6 Å². The average Bonchev–Trinajstić information content (AvgIpc) is 0. The predicted octanol–water partition coefficient (Wildman–Crippen LogP) is -1.14. The fraction of sp³-hybridized carbons (Fsp3) is 0. The second kappa shape index (κ2) is 21.3. The van der Waals surface area contributed by atoms with Gasteiger partial charge in [0.25, 0.3) is 0 Å². The topological polar surface area (TPSA) is 0 Å². The minimum atomic E-state index is 0. The van der Waals surface area contributed by atoms with Gasteiger partial charge in [-0.1, -0.05) is 0 Å². The van der Waals surface area contributed by atoms with Gasteiger partial charge < -0.3 is 0 Å². The molecule has 0 aliphatic rings. The smallest absolute Gasteiger partial charge is 0 e. The number of hydrogen-bond acceptors (Lipinski definition) is 0. The van der Waals surface area contributed by atoms with E-state index in [1.54, 1.807) is 0 Å². The molecular weight excluding hydrogens is 260 g/mol. The molecule has 0 aromatic heterocycles. The summed E-state index contributed by atoms with van der Waals surface area (Å²) in [4.78, 5) is 0. The van der Waals surface area contributed by atoms with E-state index in [2.05, 4.69) is 0 Å². The Morgan fingerprint density at radius 2 is 1.00 bits per heavy atom. The van der Waals surface area contributed by atoms with Crippen molar-refractivity contribution in [2.45, 2.75) is 0 Å². The molecule has 0 aliphatic heterocycles. The van der Waals surface area contributed by atoms with E-state index in [9.17, 15) is 0 Å². The third-order valence-corrected chi connectivity index (χ3v) is 0. The summed E-state index contributed by atoms with van der Waals surface area (Å²) in [5.41, 5.74) is 0. The van der Waals surface area contributed by atoms with Crippen LogP contribution >= 0.6 is 0 Å². The molecule has 0 rings (SSSR count). The van der Waals surface area contributed by atoms with Crippen molar-refractivity contribution in [1.82, 2.24) is 0 Å². The summed E-state index contributed by atoms with van der Waals surface area (Å²) < 4.78 is 0. The summed E-state index contributed by atoms with van der Waals surface area (Å²) in [6, 6.07) is 0. The second-order valence-electron chi connectivity index (χ2n) is 0. The SMILES string of the molecule is [B].[In].[Pd].[Si]. The third kappa shape index (κ3) is 9.18. The molecule has 20 valence electrons. The van der Waals surface area contributed by atoms with Gasteiger partial charge in [0.05, 0.1) is 0 Å². The Bertz CT molecular complexity index is 8.00. The van der Waals surface area contributed by atoms with E-state index in [0.29, 0.717) is 0 Å². The van der Waals surface area contributed by atoms with E-state index in [-0.39, 0.29) is 65.6 Å². The first-order valence-electron chi connectivity index (χ1n) is 0. The maximum Gasteiger partial charge on any atom is 0 e. The molecule has 0 N–H and O–H groups in total. The van der Waals surface area contributed by atoms with E-state index in [1.165, 1.54) is 0 Å². The van der Waals surface area contributed by atoms with E-state index >= 15 is 0 Å². The Kier molecular flexibility index (Phi) is 218. The molecule has 0 heterocycles. The largest absolute Gasteiger partial charge is 0 e. The zero-order valence-corrected chi connectivity index (χ0v) is 7.82. The summed E-state index contributed by atoms with van der Waals surface area (Å²) in [5, 5.41) is 0. The summed E-state index contributed by atoms with van der Waals surface area (Å²) in [6.07, 6.45) is 0. The fourth-order valence-electron chi connectivity index (χ4n) is 0. The van der Waals surface area contributed by atoms with E-state index in [1.807, 2.05) is 0 Å². The van der Waals surface area contributed by atoms with Gasteiger partial charge in [-0.2, -0.15) is 0 Å². The molecule has 0 aromatic rings. The minimum Gasteiger partial charge on any atom is 0 e. The van der Waals surface area contributed by atoms with Crippen molar-refractivity contribution in [3.8, 4) is 0 Å². The van der Waals surface area contributed by atoms with Gasteiger partial charge in [0.15, 0.2) is 0 Å². The molecule has 0 fully saturated rings. The molecule has 4 heteroatoms. The van der Waals surface area contributed by atoms with Crippen molar-refractivity contribution in [1.29, 1.82) is 0 Å². The summed E-state index contributed by atoms with van der Waals surface area (Å²) in [5.74, 6) is 0. The van der Waals surface area contributed by atoms with Crippen LogP contribution in [0.5, 0.6) is 0 Å². The average molecular weight is 260 g/mol. The van der Waals surface area contributed by atoms with Crippen LogP contribution in [0, 0.1) is 0 Å². The Balaban J connectivity index is 0. The third-order valence-electron chi connectivity index (χ3n) is 0. The number of rotatable bonds is 0. The zero-order chi connectivity index (χ0) is 0. The normalized spacial score (nSPS) is 0. The molecule has 0 spiro atoms. The van der Waals surface area contributed by atoms with E-state index in [0.717, 1.165) is 0 Å². The van der Waals surface area contributed by atoms with Crippen LogP contribution in [0.4, 0.5) is 0 Å². The Labute approximate surface area is 65.2 Å². The summed E-state index contributed by atoms with van der Waals surface area (Å²) in [6.45, 7) is 0. The van der Waals surface area contributed by atoms with Crippen LogP contribution in [0.3, 0.4) is 0 Å². The van der Waals surface area contributed by atoms with Crippen LogP contribution in [0.15, 0.2) is 0 Å². The van der Waals surface area contributed by atoms with Gasteiger partial charge in [0.1, 0.15) is 0 Å². The Morgan fingerprint density at radius 1 is 1.00 bits per heavy atom. The van der Waals surface area contributed by atoms with Crippen molar-refractivity contribution < 1.29 is 20.4 Å². The molecule has 0 atom stereocenters.